The zero-order chi connectivity index (χ0) is 15.6. The van der Waals surface area contributed by atoms with Gasteiger partial charge in [0.05, 0.1) is 11.8 Å². The molecule has 3 rings (SSSR count). The molecule has 2 aliphatic rings. The molecule has 118 valence electrons. The predicted molar refractivity (Wildman–Crippen MR) is 79.0 cm³/mol. The molecule has 0 bridgehead atoms. The maximum absolute atomic E-state index is 13.3. The number of benzene rings is 1. The van der Waals surface area contributed by atoms with E-state index < -0.39 is 5.60 Å². The van der Waals surface area contributed by atoms with Gasteiger partial charge in [0.1, 0.15) is 5.82 Å². The fourth-order valence-corrected chi connectivity index (χ4v) is 2.68. The number of amides is 1. The normalized spacial score (nSPS) is 27.4. The zero-order valence-corrected chi connectivity index (χ0v) is 12.5. The maximum atomic E-state index is 13.3. The number of hydrogen-bond donors (Lipinski definition) is 1. The summed E-state index contributed by atoms with van der Waals surface area (Å²) in [7, 11) is 0. The summed E-state index contributed by atoms with van der Waals surface area (Å²) in [5, 5.41) is 6.81. The summed E-state index contributed by atoms with van der Waals surface area (Å²) in [4.78, 5) is 17.7. The molecule has 1 saturated heterocycles. The number of carbonyl (C=O) groups is 1. The van der Waals surface area contributed by atoms with E-state index in [1.165, 1.54) is 12.1 Å². The topological polar surface area (TPSA) is 59.9 Å². The van der Waals surface area contributed by atoms with Crippen LogP contribution in [0.15, 0.2) is 29.4 Å². The van der Waals surface area contributed by atoms with Crippen LogP contribution >= 0.6 is 0 Å². The van der Waals surface area contributed by atoms with Crippen LogP contribution in [0.1, 0.15) is 31.7 Å². The lowest BCUT2D eigenvalue weighted by atomic mass is 9.95. The lowest BCUT2D eigenvalue weighted by Crippen LogP contribution is -2.46. The number of oxime groups is 1. The van der Waals surface area contributed by atoms with E-state index in [9.17, 15) is 9.18 Å². The van der Waals surface area contributed by atoms with E-state index in [2.05, 4.69) is 10.5 Å². The average Bonchev–Trinajstić information content (AvgIpc) is 3.15. The van der Waals surface area contributed by atoms with Crippen molar-refractivity contribution < 1.29 is 18.8 Å². The molecule has 0 radical (unpaired) electrons. The molecule has 1 aromatic carbocycles. The molecule has 0 aliphatic carbocycles. The van der Waals surface area contributed by atoms with Crippen LogP contribution in [0, 0.1) is 5.82 Å². The first kappa shape index (κ1) is 15.0. The third kappa shape index (κ3) is 3.11. The Kier molecular flexibility index (Phi) is 4.11. The fourth-order valence-electron chi connectivity index (χ4n) is 2.68. The highest BCUT2D eigenvalue weighted by Crippen LogP contribution is 2.27. The van der Waals surface area contributed by atoms with Gasteiger partial charge in [-0.25, -0.2) is 4.39 Å². The molecule has 1 N–H and O–H groups in total. The highest BCUT2D eigenvalue weighted by atomic mass is 19.1. The van der Waals surface area contributed by atoms with Crippen molar-refractivity contribution in [2.75, 3.05) is 13.2 Å². The van der Waals surface area contributed by atoms with Crippen molar-refractivity contribution >= 4 is 11.6 Å². The summed E-state index contributed by atoms with van der Waals surface area (Å²) in [5.74, 6) is -0.560. The van der Waals surface area contributed by atoms with Gasteiger partial charge in [-0.15, -0.1) is 0 Å². The first-order chi connectivity index (χ1) is 10.6. The van der Waals surface area contributed by atoms with Crippen molar-refractivity contribution in [3.8, 4) is 0 Å². The molecule has 1 amide bonds. The van der Waals surface area contributed by atoms with E-state index >= 15 is 0 Å². The second kappa shape index (κ2) is 6.04. The molecule has 1 aromatic rings. The van der Waals surface area contributed by atoms with Gasteiger partial charge in [0.2, 0.25) is 5.60 Å². The minimum atomic E-state index is -1.06. The summed E-state index contributed by atoms with van der Waals surface area (Å²) in [5.41, 5.74) is 0.158. The molecule has 2 aliphatic heterocycles. The van der Waals surface area contributed by atoms with E-state index in [1.807, 2.05) is 0 Å². The van der Waals surface area contributed by atoms with Crippen LogP contribution < -0.4 is 5.32 Å². The molecule has 5 nitrogen and oxygen atoms in total. The highest BCUT2D eigenvalue weighted by Gasteiger charge is 2.42. The number of nitrogens with zero attached hydrogens (tertiary/aromatic N) is 1. The van der Waals surface area contributed by atoms with E-state index in [0.717, 1.165) is 19.4 Å². The summed E-state index contributed by atoms with van der Waals surface area (Å²) < 4.78 is 18.8. The van der Waals surface area contributed by atoms with Crippen LogP contribution in [0.3, 0.4) is 0 Å². The molecule has 0 unspecified atom stereocenters. The first-order valence-electron chi connectivity index (χ1n) is 7.48. The van der Waals surface area contributed by atoms with Gasteiger partial charge in [-0.1, -0.05) is 17.3 Å². The highest BCUT2D eigenvalue weighted by molar-refractivity contribution is 6.05. The predicted octanol–water partition coefficient (Wildman–Crippen LogP) is 2.00. The van der Waals surface area contributed by atoms with Gasteiger partial charge in [-0.2, -0.15) is 0 Å². The smallest absolute Gasteiger partial charge is 0.267 e. The standard InChI is InChI=1S/C16H19FN2O3/c1-16(15(20)18-10-13-6-3-7-21-13)9-14(19-22-16)11-4-2-5-12(17)8-11/h2,4-5,8,13H,3,6-7,9-10H2,1H3,(H,18,20)/t13-,16-/m1/s1. The van der Waals surface area contributed by atoms with Crippen molar-refractivity contribution in [1.29, 1.82) is 0 Å². The quantitative estimate of drug-likeness (QED) is 0.925. The number of hydrogen-bond acceptors (Lipinski definition) is 4. The summed E-state index contributed by atoms with van der Waals surface area (Å²) in [6.45, 7) is 2.92. The zero-order valence-electron chi connectivity index (χ0n) is 12.5. The number of rotatable bonds is 4. The largest absolute Gasteiger partial charge is 0.379 e. The lowest BCUT2D eigenvalue weighted by molar-refractivity contribution is -0.142. The molecule has 1 fully saturated rings. The van der Waals surface area contributed by atoms with Crippen LogP contribution in [0.25, 0.3) is 0 Å². The van der Waals surface area contributed by atoms with Crippen molar-refractivity contribution in [2.45, 2.75) is 37.9 Å². The Morgan fingerprint density at radius 3 is 3.14 bits per heavy atom. The van der Waals surface area contributed by atoms with Crippen molar-refractivity contribution in [1.82, 2.24) is 5.32 Å². The Labute approximate surface area is 128 Å². The summed E-state index contributed by atoms with van der Waals surface area (Å²) >= 11 is 0. The maximum Gasteiger partial charge on any atom is 0.267 e. The molecule has 0 saturated carbocycles. The van der Waals surface area contributed by atoms with Gasteiger partial charge < -0.3 is 14.9 Å². The van der Waals surface area contributed by atoms with E-state index in [4.69, 9.17) is 9.57 Å². The minimum absolute atomic E-state index is 0.0811. The van der Waals surface area contributed by atoms with Crippen molar-refractivity contribution in [2.24, 2.45) is 5.16 Å². The monoisotopic (exact) mass is 306 g/mol. The Balaban J connectivity index is 1.59. The number of carbonyl (C=O) groups excluding carboxylic acids is 1. The summed E-state index contributed by atoms with van der Waals surface area (Å²) in [6.07, 6.45) is 2.38. The van der Waals surface area contributed by atoms with Crippen LogP contribution in [-0.4, -0.2) is 36.5 Å². The SMILES string of the molecule is C[C@]1(C(=O)NC[C@H]2CCCO2)CC(c2cccc(F)c2)=NO1. The Morgan fingerprint density at radius 1 is 1.55 bits per heavy atom. The van der Waals surface area contributed by atoms with Gasteiger partial charge in [-0.3, -0.25) is 4.79 Å². The average molecular weight is 306 g/mol. The van der Waals surface area contributed by atoms with Crippen molar-refractivity contribution in [3.63, 3.8) is 0 Å². The van der Waals surface area contributed by atoms with Gasteiger partial charge in [-0.05, 0) is 31.9 Å². The Morgan fingerprint density at radius 2 is 2.41 bits per heavy atom. The third-order valence-corrected chi connectivity index (χ3v) is 4.01. The Bertz CT molecular complexity index is 599. The van der Waals surface area contributed by atoms with Crippen LogP contribution in [0.2, 0.25) is 0 Å². The van der Waals surface area contributed by atoms with E-state index in [0.29, 0.717) is 24.2 Å². The molecule has 0 spiro atoms. The molecule has 0 aromatic heterocycles. The van der Waals surface area contributed by atoms with Crippen LogP contribution in [0.4, 0.5) is 4.39 Å². The van der Waals surface area contributed by atoms with Crippen LogP contribution in [0.5, 0.6) is 0 Å². The fraction of sp³-hybridized carbons (Fsp3) is 0.500. The second-order valence-electron chi connectivity index (χ2n) is 5.89. The number of halogens is 1. The van der Waals surface area contributed by atoms with E-state index in [1.54, 1.807) is 19.1 Å². The molecule has 2 atom stereocenters. The van der Waals surface area contributed by atoms with E-state index in [-0.39, 0.29) is 17.8 Å². The molecule has 2 heterocycles. The molecule has 6 heteroatoms. The molecule has 22 heavy (non-hydrogen) atoms. The first-order valence-corrected chi connectivity index (χ1v) is 7.48. The molecular weight excluding hydrogens is 287 g/mol. The Hall–Kier alpha value is -1.95. The minimum Gasteiger partial charge on any atom is -0.379 e. The summed E-state index contributed by atoms with van der Waals surface area (Å²) in [6, 6.07) is 6.12. The van der Waals surface area contributed by atoms with Crippen molar-refractivity contribution in [3.05, 3.63) is 35.6 Å². The second-order valence-corrected chi connectivity index (χ2v) is 5.89. The van der Waals surface area contributed by atoms with Gasteiger partial charge in [0.25, 0.3) is 5.91 Å². The number of nitrogens with one attached hydrogen (secondary N) is 1. The van der Waals surface area contributed by atoms with Gasteiger partial charge >= 0.3 is 0 Å². The number of ether oxygens (including phenoxy) is 1. The molecular formula is C16H19FN2O3. The lowest BCUT2D eigenvalue weighted by Gasteiger charge is -2.21. The van der Waals surface area contributed by atoms with Gasteiger partial charge in [0, 0.05) is 25.1 Å². The van der Waals surface area contributed by atoms with Gasteiger partial charge in [0.15, 0.2) is 0 Å². The van der Waals surface area contributed by atoms with Crippen LogP contribution in [-0.2, 0) is 14.4 Å². The third-order valence-electron chi connectivity index (χ3n) is 4.01.